The second kappa shape index (κ2) is 8.73. The maximum absolute atomic E-state index is 13.9. The molecule has 1 aromatic heterocycles. The number of hydrogen-bond donors (Lipinski definition) is 3. The number of halogens is 3. The van der Waals surface area contributed by atoms with Crippen molar-refractivity contribution in [2.24, 2.45) is 5.10 Å². The van der Waals surface area contributed by atoms with Crippen molar-refractivity contribution in [1.82, 2.24) is 9.97 Å². The molecule has 1 heterocycles. The third-order valence-electron chi connectivity index (χ3n) is 3.86. The highest BCUT2D eigenvalue weighted by Gasteiger charge is 2.19. The number of carbonyl (C=O) groups is 1. The van der Waals surface area contributed by atoms with Gasteiger partial charge in [-0.25, -0.2) is 19.6 Å². The Morgan fingerprint density at radius 1 is 1.30 bits per heavy atom. The van der Waals surface area contributed by atoms with E-state index in [1.165, 1.54) is 0 Å². The number of nitrogens with zero attached hydrogens (tertiary/aromatic N) is 3. The molecule has 0 fully saturated rings. The molecule has 0 saturated heterocycles. The number of hydrogen-bond acceptors (Lipinski definition) is 6. The number of carboxylic acids is 1. The molecule has 0 aliphatic rings. The zero-order valence-corrected chi connectivity index (χ0v) is 16.3. The van der Waals surface area contributed by atoms with E-state index in [0.717, 1.165) is 6.21 Å². The normalized spacial score (nSPS) is 10.7. The van der Waals surface area contributed by atoms with Crippen molar-refractivity contribution in [2.45, 2.75) is 0 Å². The first-order valence-corrected chi connectivity index (χ1v) is 8.88. The Kier molecular flexibility index (Phi) is 6.11. The molecule has 150 valence electrons. The topological polar surface area (TPSA) is 131 Å². The molecule has 0 aliphatic carbocycles. The predicted molar refractivity (Wildman–Crippen MR) is 110 cm³/mol. The largest absolute Gasteiger partial charge is 0.478 e. The van der Waals surface area contributed by atoms with Crippen LogP contribution in [0, 0.1) is 17.1 Å². The zero-order chi connectivity index (χ0) is 21.8. The van der Waals surface area contributed by atoms with E-state index in [9.17, 15) is 19.2 Å². The van der Waals surface area contributed by atoms with Gasteiger partial charge in [0, 0.05) is 11.1 Å². The maximum Gasteiger partial charge on any atom is 0.337 e. The molecular formula is C19H10Cl2FN5O3. The number of rotatable bonds is 5. The molecule has 30 heavy (non-hydrogen) atoms. The Labute approximate surface area is 178 Å². The van der Waals surface area contributed by atoms with Gasteiger partial charge in [-0.1, -0.05) is 53.5 Å². The molecule has 0 saturated carbocycles. The van der Waals surface area contributed by atoms with Crippen LogP contribution in [-0.4, -0.2) is 27.3 Å². The number of aromatic carboxylic acids is 1. The lowest BCUT2D eigenvalue weighted by Gasteiger charge is -2.08. The number of benzene rings is 2. The van der Waals surface area contributed by atoms with Crippen LogP contribution in [0.5, 0.6) is 0 Å². The second-order valence-corrected chi connectivity index (χ2v) is 6.49. The molecule has 8 nitrogen and oxygen atoms in total. The fourth-order valence-electron chi connectivity index (χ4n) is 2.49. The van der Waals surface area contributed by atoms with Gasteiger partial charge >= 0.3 is 5.97 Å². The number of hydrazone groups is 1. The van der Waals surface area contributed by atoms with Gasteiger partial charge in [0.1, 0.15) is 17.4 Å². The minimum Gasteiger partial charge on any atom is -0.478 e. The third-order valence-corrected chi connectivity index (χ3v) is 4.65. The summed E-state index contributed by atoms with van der Waals surface area (Å²) in [6, 6.07) is 11.1. The summed E-state index contributed by atoms with van der Waals surface area (Å²) in [6.07, 6.45) is 0.987. The van der Waals surface area contributed by atoms with Gasteiger partial charge in [-0.3, -0.25) is 9.78 Å². The SMILES string of the molecule is N#Cc1c(-c2ccccc2)nc(NN=Cc2c(Cl)c(F)cc(C(=O)O)c2Cl)[nH]c1=O. The molecule has 3 N–H and O–H groups in total. The van der Waals surface area contributed by atoms with Crippen LogP contribution in [0.15, 0.2) is 46.3 Å². The van der Waals surface area contributed by atoms with Gasteiger partial charge in [0.2, 0.25) is 5.95 Å². The van der Waals surface area contributed by atoms with Gasteiger partial charge in [0.05, 0.1) is 27.5 Å². The van der Waals surface area contributed by atoms with E-state index in [1.54, 1.807) is 36.4 Å². The first kappa shape index (κ1) is 21.0. The van der Waals surface area contributed by atoms with E-state index in [0.29, 0.717) is 11.6 Å². The molecule has 0 spiro atoms. The Hall–Kier alpha value is -3.74. The van der Waals surface area contributed by atoms with E-state index in [1.807, 2.05) is 0 Å². The second-order valence-electron chi connectivity index (χ2n) is 5.74. The number of aromatic amines is 1. The molecule has 0 bridgehead atoms. The summed E-state index contributed by atoms with van der Waals surface area (Å²) in [5.74, 6) is -2.55. The molecule has 2 aromatic carbocycles. The van der Waals surface area contributed by atoms with Crippen molar-refractivity contribution in [3.8, 4) is 17.3 Å². The van der Waals surface area contributed by atoms with Gasteiger partial charge in [-0.15, -0.1) is 0 Å². The minimum absolute atomic E-state index is 0.115. The molecular weight excluding hydrogens is 436 g/mol. The smallest absolute Gasteiger partial charge is 0.337 e. The van der Waals surface area contributed by atoms with E-state index in [4.69, 9.17) is 28.3 Å². The summed E-state index contributed by atoms with van der Waals surface area (Å²) in [4.78, 5) is 29.9. The number of aromatic nitrogens is 2. The maximum atomic E-state index is 13.9. The molecule has 11 heteroatoms. The minimum atomic E-state index is -1.44. The Balaban J connectivity index is 1.99. The Morgan fingerprint density at radius 2 is 2.00 bits per heavy atom. The van der Waals surface area contributed by atoms with E-state index in [-0.39, 0.29) is 27.8 Å². The van der Waals surface area contributed by atoms with E-state index < -0.39 is 27.9 Å². The number of nitriles is 1. The fraction of sp³-hybridized carbons (Fsp3) is 0. The van der Waals surface area contributed by atoms with Crippen molar-refractivity contribution >= 4 is 41.3 Å². The van der Waals surface area contributed by atoms with Gasteiger partial charge < -0.3 is 5.11 Å². The summed E-state index contributed by atoms with van der Waals surface area (Å²) in [5, 5.41) is 21.4. The van der Waals surface area contributed by atoms with Crippen LogP contribution in [-0.2, 0) is 0 Å². The first-order chi connectivity index (χ1) is 14.3. The van der Waals surface area contributed by atoms with Crippen LogP contribution in [0.4, 0.5) is 10.3 Å². The summed E-state index contributed by atoms with van der Waals surface area (Å²) >= 11 is 11.8. The zero-order valence-electron chi connectivity index (χ0n) is 14.8. The van der Waals surface area contributed by atoms with Crippen LogP contribution in [0.1, 0.15) is 21.5 Å². The summed E-state index contributed by atoms with van der Waals surface area (Å²) in [5.41, 5.74) is 1.55. The number of anilines is 1. The molecule has 0 unspecified atom stereocenters. The lowest BCUT2D eigenvalue weighted by atomic mass is 10.1. The highest BCUT2D eigenvalue weighted by molar-refractivity contribution is 6.40. The highest BCUT2D eigenvalue weighted by Crippen LogP contribution is 2.29. The van der Waals surface area contributed by atoms with Crippen LogP contribution in [0.2, 0.25) is 10.0 Å². The number of H-pyrrole nitrogens is 1. The number of carboxylic acid groups (broad SMARTS) is 1. The van der Waals surface area contributed by atoms with Crippen molar-refractivity contribution in [3.63, 3.8) is 0 Å². The van der Waals surface area contributed by atoms with Crippen molar-refractivity contribution < 1.29 is 14.3 Å². The lowest BCUT2D eigenvalue weighted by molar-refractivity contribution is 0.0696. The molecule has 0 amide bonds. The third kappa shape index (κ3) is 4.15. The monoisotopic (exact) mass is 445 g/mol. The van der Waals surface area contributed by atoms with Crippen LogP contribution >= 0.6 is 23.2 Å². The van der Waals surface area contributed by atoms with Gasteiger partial charge in [-0.2, -0.15) is 10.4 Å². The van der Waals surface area contributed by atoms with Crippen molar-refractivity contribution in [3.05, 3.63) is 79.3 Å². The summed E-state index contributed by atoms with van der Waals surface area (Å²) < 4.78 is 13.9. The van der Waals surface area contributed by atoms with Gasteiger partial charge in [-0.05, 0) is 6.07 Å². The lowest BCUT2D eigenvalue weighted by Crippen LogP contribution is -2.16. The van der Waals surface area contributed by atoms with Crippen molar-refractivity contribution in [1.29, 1.82) is 5.26 Å². The molecule has 0 aliphatic heterocycles. The fourth-order valence-corrected chi connectivity index (χ4v) is 3.01. The standard InChI is InChI=1S/C19H10Cl2FN5O3/c20-14-10(18(29)30)6-13(22)15(21)12(14)8-24-27-19-25-16(9-4-2-1-3-5-9)11(7-23)17(28)26-19/h1-6,8H,(H,29,30)(H2,25,26,27,28). The van der Waals surface area contributed by atoms with Gasteiger partial charge in [0.25, 0.3) is 5.56 Å². The van der Waals surface area contributed by atoms with Crippen LogP contribution in [0.25, 0.3) is 11.3 Å². The quantitative estimate of drug-likeness (QED) is 0.310. The molecule has 3 aromatic rings. The van der Waals surface area contributed by atoms with E-state index >= 15 is 0 Å². The number of nitrogens with one attached hydrogen (secondary N) is 2. The highest BCUT2D eigenvalue weighted by atomic mass is 35.5. The van der Waals surface area contributed by atoms with Crippen molar-refractivity contribution in [2.75, 3.05) is 5.43 Å². The Morgan fingerprint density at radius 3 is 2.63 bits per heavy atom. The first-order valence-electron chi connectivity index (χ1n) is 8.13. The average molecular weight is 446 g/mol. The average Bonchev–Trinajstić information content (AvgIpc) is 2.73. The van der Waals surface area contributed by atoms with E-state index in [2.05, 4.69) is 20.5 Å². The summed E-state index contributed by atoms with van der Waals surface area (Å²) in [6.45, 7) is 0. The van der Waals surface area contributed by atoms with Gasteiger partial charge in [0.15, 0.2) is 0 Å². The van der Waals surface area contributed by atoms with Crippen LogP contribution in [0.3, 0.4) is 0 Å². The molecule has 3 rings (SSSR count). The van der Waals surface area contributed by atoms with Crippen LogP contribution < -0.4 is 11.0 Å². The predicted octanol–water partition coefficient (Wildman–Crippen LogP) is 3.90. The Bertz CT molecular complexity index is 1270. The molecule has 0 atom stereocenters. The summed E-state index contributed by atoms with van der Waals surface area (Å²) in [7, 11) is 0. The molecule has 0 radical (unpaired) electrons.